The van der Waals surface area contributed by atoms with Crippen LogP contribution >= 0.6 is 22.6 Å². The van der Waals surface area contributed by atoms with Crippen molar-refractivity contribution in [2.75, 3.05) is 11.5 Å². The van der Waals surface area contributed by atoms with E-state index in [1.807, 2.05) is 18.2 Å². The molecule has 0 aliphatic heterocycles. The van der Waals surface area contributed by atoms with Gasteiger partial charge in [-0.1, -0.05) is 12.1 Å². The average molecular weight is 351 g/mol. The minimum Gasteiger partial charge on any atom is -0.437 e. The first kappa shape index (κ1) is 11.3. The molecular weight excluding hydrogens is 341 g/mol. The third-order valence-electron chi connectivity index (χ3n) is 2.80. The van der Waals surface area contributed by atoms with Gasteiger partial charge in [0.15, 0.2) is 5.58 Å². The Kier molecular flexibility index (Phi) is 2.62. The van der Waals surface area contributed by atoms with Crippen molar-refractivity contribution in [1.29, 1.82) is 0 Å². The molecule has 0 aliphatic carbocycles. The molecule has 2 aromatic heterocycles. The van der Waals surface area contributed by atoms with E-state index >= 15 is 0 Å². The van der Waals surface area contributed by atoms with Crippen LogP contribution in [-0.2, 0) is 0 Å². The quantitative estimate of drug-likeness (QED) is 0.660. The van der Waals surface area contributed by atoms with Crippen LogP contribution in [0.15, 0.2) is 41.1 Å². The lowest BCUT2D eigenvalue weighted by molar-refractivity contribution is 0.637. The average Bonchev–Trinajstić information content (AvgIpc) is 2.65. The molecule has 0 unspecified atom stereocenters. The molecule has 1 aromatic carbocycles. The van der Waals surface area contributed by atoms with E-state index in [1.54, 1.807) is 12.4 Å². The lowest BCUT2D eigenvalue weighted by Crippen LogP contribution is -1.91. The van der Waals surface area contributed by atoms with Gasteiger partial charge in [0.1, 0.15) is 5.69 Å². The lowest BCUT2D eigenvalue weighted by atomic mass is 10.0. The van der Waals surface area contributed by atoms with Gasteiger partial charge in [0.05, 0.1) is 11.6 Å². The first-order valence-corrected chi connectivity index (χ1v) is 6.42. The van der Waals surface area contributed by atoms with Gasteiger partial charge < -0.3 is 15.9 Å². The zero-order valence-corrected chi connectivity index (χ0v) is 11.5. The molecule has 0 radical (unpaired) electrons. The third-order valence-corrected chi connectivity index (χ3v) is 3.47. The fourth-order valence-corrected chi connectivity index (χ4v) is 2.51. The third kappa shape index (κ3) is 1.71. The van der Waals surface area contributed by atoms with Crippen molar-refractivity contribution in [2.45, 2.75) is 0 Å². The Morgan fingerprint density at radius 3 is 2.78 bits per heavy atom. The maximum atomic E-state index is 5.97. The van der Waals surface area contributed by atoms with Crippen molar-refractivity contribution in [2.24, 2.45) is 0 Å². The molecule has 4 nitrogen and oxygen atoms in total. The van der Waals surface area contributed by atoms with Gasteiger partial charge in [0, 0.05) is 15.3 Å². The second kappa shape index (κ2) is 4.16. The number of halogens is 1. The molecule has 0 atom stereocenters. The van der Waals surface area contributed by atoms with Crippen LogP contribution in [-0.4, -0.2) is 4.98 Å². The Hall–Kier alpha value is -1.76. The zero-order valence-electron chi connectivity index (χ0n) is 9.35. The van der Waals surface area contributed by atoms with Crippen LogP contribution in [0, 0.1) is 3.57 Å². The fourth-order valence-electron chi connectivity index (χ4n) is 1.97. The van der Waals surface area contributed by atoms with E-state index in [0.717, 1.165) is 20.1 Å². The Morgan fingerprint density at radius 2 is 2.00 bits per heavy atom. The molecule has 3 rings (SSSR count). The van der Waals surface area contributed by atoms with Crippen LogP contribution in [0.3, 0.4) is 0 Å². The van der Waals surface area contributed by atoms with Crippen LogP contribution < -0.4 is 11.5 Å². The summed E-state index contributed by atoms with van der Waals surface area (Å²) in [4.78, 5) is 4.17. The van der Waals surface area contributed by atoms with Gasteiger partial charge >= 0.3 is 0 Å². The summed E-state index contributed by atoms with van der Waals surface area (Å²) in [5, 5.41) is 0.824. The Bertz CT molecular complexity index is 736. The lowest BCUT2D eigenvalue weighted by Gasteiger charge is -2.03. The number of nitrogens with zero attached hydrogens (tertiary/aromatic N) is 1. The van der Waals surface area contributed by atoms with Gasteiger partial charge in [-0.15, -0.1) is 0 Å². The van der Waals surface area contributed by atoms with E-state index in [-0.39, 0.29) is 5.88 Å². The molecule has 0 spiro atoms. The number of fused-ring (bicyclic) bond motifs is 1. The summed E-state index contributed by atoms with van der Waals surface area (Å²) in [6.07, 6.45) is 3.40. The highest BCUT2D eigenvalue weighted by Crippen LogP contribution is 2.37. The number of furan rings is 1. The van der Waals surface area contributed by atoms with Gasteiger partial charge in [-0.05, 0) is 40.3 Å². The number of benzene rings is 1. The fraction of sp³-hybridized carbons (Fsp3) is 0. The number of pyridine rings is 1. The topological polar surface area (TPSA) is 78.1 Å². The zero-order chi connectivity index (χ0) is 12.7. The predicted molar refractivity (Wildman–Crippen MR) is 81.0 cm³/mol. The summed E-state index contributed by atoms with van der Waals surface area (Å²) in [6, 6.07) is 8.11. The molecule has 18 heavy (non-hydrogen) atoms. The number of nitrogens with two attached hydrogens (primary N) is 2. The van der Waals surface area contributed by atoms with Crippen molar-refractivity contribution in [3.05, 3.63) is 40.2 Å². The molecule has 0 aliphatic rings. The van der Waals surface area contributed by atoms with Crippen molar-refractivity contribution in [3.8, 4) is 11.1 Å². The number of nitrogen functional groups attached to an aromatic ring is 2. The largest absolute Gasteiger partial charge is 0.437 e. The first-order chi connectivity index (χ1) is 8.66. The standard InChI is InChI=1S/C13H10IN3O/c14-8-3-1-2-7(4-8)9-5-17-6-10-11(9)12(15)13(16)18-10/h1-6H,15-16H2. The number of rotatable bonds is 1. The SMILES string of the molecule is Nc1oc2cncc(-c3cccc(I)c3)c2c1N. The van der Waals surface area contributed by atoms with Crippen LogP contribution in [0.5, 0.6) is 0 Å². The first-order valence-electron chi connectivity index (χ1n) is 5.34. The molecule has 5 heteroatoms. The van der Waals surface area contributed by atoms with Crippen molar-refractivity contribution < 1.29 is 4.42 Å². The summed E-state index contributed by atoms with van der Waals surface area (Å²) >= 11 is 2.27. The van der Waals surface area contributed by atoms with E-state index < -0.39 is 0 Å². The van der Waals surface area contributed by atoms with E-state index in [0.29, 0.717) is 11.3 Å². The number of aromatic nitrogens is 1. The van der Waals surface area contributed by atoms with Crippen molar-refractivity contribution in [1.82, 2.24) is 4.98 Å². The number of hydrogen-bond acceptors (Lipinski definition) is 4. The maximum Gasteiger partial charge on any atom is 0.214 e. The summed E-state index contributed by atoms with van der Waals surface area (Å²) in [5.74, 6) is 0.241. The van der Waals surface area contributed by atoms with Crippen LogP contribution in [0.4, 0.5) is 11.6 Å². The Labute approximate surface area is 117 Å². The molecule has 0 amide bonds. The summed E-state index contributed by atoms with van der Waals surface area (Å²) < 4.78 is 6.53. The van der Waals surface area contributed by atoms with E-state index in [2.05, 4.69) is 33.6 Å². The Balaban J connectivity index is 2.35. The predicted octanol–water partition coefficient (Wildman–Crippen LogP) is 3.26. The highest BCUT2D eigenvalue weighted by Gasteiger charge is 2.14. The monoisotopic (exact) mass is 351 g/mol. The van der Waals surface area contributed by atoms with Gasteiger partial charge in [0.25, 0.3) is 0 Å². The van der Waals surface area contributed by atoms with Gasteiger partial charge in [0.2, 0.25) is 5.88 Å². The highest BCUT2D eigenvalue weighted by atomic mass is 127. The van der Waals surface area contributed by atoms with Crippen molar-refractivity contribution >= 4 is 45.1 Å². The van der Waals surface area contributed by atoms with E-state index in [9.17, 15) is 0 Å². The van der Waals surface area contributed by atoms with Crippen LogP contribution in [0.25, 0.3) is 22.1 Å². The van der Waals surface area contributed by atoms with Crippen LogP contribution in [0.1, 0.15) is 0 Å². The maximum absolute atomic E-state index is 5.97. The summed E-state index contributed by atoms with van der Waals surface area (Å²) in [5.41, 5.74) is 14.7. The van der Waals surface area contributed by atoms with E-state index in [1.165, 1.54) is 0 Å². The Morgan fingerprint density at radius 1 is 1.17 bits per heavy atom. The molecule has 0 saturated heterocycles. The molecule has 0 fully saturated rings. The van der Waals surface area contributed by atoms with E-state index in [4.69, 9.17) is 15.9 Å². The second-order valence-corrected chi connectivity index (χ2v) is 5.20. The highest BCUT2D eigenvalue weighted by molar-refractivity contribution is 14.1. The molecular formula is C13H10IN3O. The molecule has 2 heterocycles. The van der Waals surface area contributed by atoms with Gasteiger partial charge in [-0.3, -0.25) is 4.98 Å². The minimum atomic E-state index is 0.241. The smallest absolute Gasteiger partial charge is 0.214 e. The summed E-state index contributed by atoms with van der Waals surface area (Å²) in [6.45, 7) is 0. The van der Waals surface area contributed by atoms with Crippen LogP contribution in [0.2, 0.25) is 0 Å². The minimum absolute atomic E-state index is 0.241. The van der Waals surface area contributed by atoms with Gasteiger partial charge in [-0.25, -0.2) is 0 Å². The van der Waals surface area contributed by atoms with Crippen molar-refractivity contribution in [3.63, 3.8) is 0 Å². The molecule has 90 valence electrons. The molecule has 4 N–H and O–H groups in total. The molecule has 0 saturated carbocycles. The number of hydrogen-bond donors (Lipinski definition) is 2. The van der Waals surface area contributed by atoms with Gasteiger partial charge in [-0.2, -0.15) is 0 Å². The molecule has 0 bridgehead atoms. The number of anilines is 2. The second-order valence-electron chi connectivity index (χ2n) is 3.95. The molecule has 3 aromatic rings. The normalized spacial score (nSPS) is 10.9. The summed E-state index contributed by atoms with van der Waals surface area (Å²) in [7, 11) is 0.